The fourth-order valence-electron chi connectivity index (χ4n) is 3.93. The minimum Gasteiger partial charge on any atom is -0.756 e. The van der Waals surface area contributed by atoms with Crippen molar-refractivity contribution < 1.29 is 18.5 Å². The quantitative estimate of drug-likeness (QED) is 0.339. The van der Waals surface area contributed by atoms with Crippen LogP contribution < -0.4 is 4.89 Å². The monoisotopic (exact) mass is 465 g/mol. The predicted molar refractivity (Wildman–Crippen MR) is 113 cm³/mol. The van der Waals surface area contributed by atoms with Crippen molar-refractivity contribution in [3.05, 3.63) is 71.3 Å². The van der Waals surface area contributed by atoms with Crippen molar-refractivity contribution in [3.8, 4) is 0 Å². The summed E-state index contributed by atoms with van der Waals surface area (Å²) in [6, 6.07) is 17.7. The summed E-state index contributed by atoms with van der Waals surface area (Å²) in [5, 5.41) is 0.647. The van der Waals surface area contributed by atoms with Crippen LogP contribution in [0.2, 0.25) is 0 Å². The molecular weight excluding hydrogens is 439 g/mol. The zero-order chi connectivity index (χ0) is 19.8. The van der Waals surface area contributed by atoms with Gasteiger partial charge in [0.1, 0.15) is 0 Å². The third kappa shape index (κ3) is 6.27. The van der Waals surface area contributed by atoms with E-state index in [1.54, 1.807) is 0 Å². The van der Waals surface area contributed by atoms with Crippen LogP contribution in [0.25, 0.3) is 0 Å². The van der Waals surface area contributed by atoms with Crippen molar-refractivity contribution in [1.82, 2.24) is 0 Å². The van der Waals surface area contributed by atoms with Gasteiger partial charge >= 0.3 is 0 Å². The molecule has 0 aliphatic heterocycles. The Hall–Kier alpha value is -0.970. The van der Waals surface area contributed by atoms with Crippen LogP contribution in [0.3, 0.4) is 0 Å². The molecule has 0 spiro atoms. The molecule has 1 fully saturated rings. The van der Waals surface area contributed by atoms with Crippen LogP contribution in [0.1, 0.15) is 54.7 Å². The van der Waals surface area contributed by atoms with Crippen LogP contribution >= 0.6 is 23.8 Å². The number of hydrogen-bond donors (Lipinski definition) is 0. The highest BCUT2D eigenvalue weighted by Gasteiger charge is 2.27. The van der Waals surface area contributed by atoms with Crippen molar-refractivity contribution in [3.63, 3.8) is 0 Å². The van der Waals surface area contributed by atoms with Gasteiger partial charge in [-0.25, -0.2) is 0 Å². The molecule has 6 heteroatoms. The van der Waals surface area contributed by atoms with Crippen LogP contribution in [0, 0.1) is 5.92 Å². The summed E-state index contributed by atoms with van der Waals surface area (Å²) in [7, 11) is -4.38. The summed E-state index contributed by atoms with van der Waals surface area (Å²) >= 11 is 3.41. The smallest absolute Gasteiger partial charge is 0.268 e. The molecule has 2 atom stereocenters. The summed E-state index contributed by atoms with van der Waals surface area (Å²) in [5.41, 5.74) is 2.98. The van der Waals surface area contributed by atoms with E-state index >= 15 is 0 Å². The number of rotatable bonds is 9. The van der Waals surface area contributed by atoms with E-state index in [0.717, 1.165) is 29.5 Å². The number of halogens is 1. The van der Waals surface area contributed by atoms with Gasteiger partial charge in [0.05, 0.1) is 13.2 Å². The average Bonchev–Trinajstić information content (AvgIpc) is 2.74. The fraction of sp³-hybridized carbons (Fsp3) is 0.455. The van der Waals surface area contributed by atoms with E-state index < -0.39 is 7.82 Å². The second-order valence-corrected chi connectivity index (χ2v) is 9.31. The molecule has 0 radical (unpaired) electrons. The van der Waals surface area contributed by atoms with E-state index in [2.05, 4.69) is 28.1 Å². The molecule has 4 nitrogen and oxygen atoms in total. The molecule has 0 saturated heterocycles. The minimum absolute atomic E-state index is 0.0119. The normalized spacial score (nSPS) is 18.5. The maximum Gasteiger partial charge on any atom is 0.268 e. The maximum absolute atomic E-state index is 12.4. The van der Waals surface area contributed by atoms with Gasteiger partial charge in [0.25, 0.3) is 7.82 Å². The molecule has 2 aromatic rings. The van der Waals surface area contributed by atoms with Crippen molar-refractivity contribution >= 4 is 23.8 Å². The summed E-state index contributed by atoms with van der Waals surface area (Å²) in [6.07, 6.45) is 5.89. The van der Waals surface area contributed by atoms with Crippen LogP contribution in [0.4, 0.5) is 0 Å². The van der Waals surface area contributed by atoms with Gasteiger partial charge in [0.15, 0.2) is 0 Å². The highest BCUT2D eigenvalue weighted by molar-refractivity contribution is 9.08. The predicted octanol–water partition coefficient (Wildman–Crippen LogP) is 5.95. The number of phosphoric acid groups is 1. The Balaban J connectivity index is 1.63. The Morgan fingerprint density at radius 1 is 0.964 bits per heavy atom. The molecule has 2 aromatic carbocycles. The highest BCUT2D eigenvalue weighted by atomic mass is 79.9. The number of benzene rings is 2. The first-order chi connectivity index (χ1) is 13.6. The lowest BCUT2D eigenvalue weighted by Crippen LogP contribution is -2.22. The van der Waals surface area contributed by atoms with Gasteiger partial charge in [-0.1, -0.05) is 89.8 Å². The largest absolute Gasteiger partial charge is 0.756 e. The fourth-order valence-corrected chi connectivity index (χ4v) is 5.19. The molecule has 3 rings (SSSR count). The Morgan fingerprint density at radius 3 is 2.29 bits per heavy atom. The van der Waals surface area contributed by atoms with Gasteiger partial charge in [-0.3, -0.25) is 4.57 Å². The van der Waals surface area contributed by atoms with Crippen molar-refractivity contribution in [2.75, 3.05) is 6.61 Å². The zero-order valence-electron chi connectivity index (χ0n) is 16.0. The summed E-state index contributed by atoms with van der Waals surface area (Å²) in [6.45, 7) is 0.123. The first-order valence-electron chi connectivity index (χ1n) is 9.87. The van der Waals surface area contributed by atoms with E-state index in [4.69, 9.17) is 9.05 Å². The molecule has 0 amide bonds. The Morgan fingerprint density at radius 2 is 1.61 bits per heavy atom. The summed E-state index contributed by atoms with van der Waals surface area (Å²) in [5.74, 6) is 0.521. The highest BCUT2D eigenvalue weighted by Crippen LogP contribution is 2.44. The van der Waals surface area contributed by atoms with Crippen LogP contribution in [0.15, 0.2) is 54.6 Å². The molecule has 28 heavy (non-hydrogen) atoms. The van der Waals surface area contributed by atoms with Gasteiger partial charge in [-0.2, -0.15) is 0 Å². The minimum atomic E-state index is -4.38. The molecule has 0 heterocycles. The average molecular weight is 466 g/mol. The third-order valence-electron chi connectivity index (χ3n) is 5.50. The second kappa shape index (κ2) is 10.7. The lowest BCUT2D eigenvalue weighted by molar-refractivity contribution is -0.227. The number of alkyl halides is 1. The third-order valence-corrected chi connectivity index (χ3v) is 7.01. The van der Waals surface area contributed by atoms with Gasteiger partial charge in [0, 0.05) is 11.2 Å². The standard InChI is InChI=1S/C22H28BrO4P/c23-15-20-13-7-8-14-21(20)16-26-28(24,25)27-17-22(18-9-3-1-4-10-18)19-11-5-2-6-12-19/h1,3-4,7-10,13-14,19,22H,2,5-6,11-12,15-17H2,(H,24,25)/p-1. The second-order valence-electron chi connectivity index (χ2n) is 7.33. The van der Waals surface area contributed by atoms with Crippen LogP contribution in [0.5, 0.6) is 0 Å². The van der Waals surface area contributed by atoms with Crippen molar-refractivity contribution in [2.24, 2.45) is 5.92 Å². The molecule has 0 aromatic heterocycles. The molecule has 1 saturated carbocycles. The Bertz CT molecular complexity index is 777. The SMILES string of the molecule is O=P([O-])(OCc1ccccc1CBr)OCC(c1ccccc1)C1CCCCC1. The van der Waals surface area contributed by atoms with Crippen LogP contribution in [-0.2, 0) is 25.5 Å². The summed E-state index contributed by atoms with van der Waals surface area (Å²) < 4.78 is 22.9. The van der Waals surface area contributed by atoms with Gasteiger partial charge in [0.2, 0.25) is 0 Å². The van der Waals surface area contributed by atoms with Gasteiger partial charge in [-0.15, -0.1) is 0 Å². The molecule has 152 valence electrons. The van der Waals surface area contributed by atoms with E-state index in [-0.39, 0.29) is 19.1 Å². The van der Waals surface area contributed by atoms with Crippen LogP contribution in [-0.4, -0.2) is 6.61 Å². The lowest BCUT2D eigenvalue weighted by atomic mass is 9.77. The molecule has 0 N–H and O–H groups in total. The van der Waals surface area contributed by atoms with E-state index in [1.165, 1.54) is 19.3 Å². The van der Waals surface area contributed by atoms with E-state index in [9.17, 15) is 9.46 Å². The topological polar surface area (TPSA) is 58.6 Å². The molecular formula is C22H27BrO4P-. The maximum atomic E-state index is 12.4. The molecule has 0 bridgehead atoms. The van der Waals surface area contributed by atoms with Crippen molar-refractivity contribution in [2.45, 2.75) is 50.0 Å². The number of phosphoric ester groups is 1. The van der Waals surface area contributed by atoms with E-state index in [1.807, 2.05) is 42.5 Å². The zero-order valence-corrected chi connectivity index (χ0v) is 18.4. The Labute approximate surface area is 176 Å². The van der Waals surface area contributed by atoms with E-state index in [0.29, 0.717) is 11.2 Å². The number of hydrogen-bond acceptors (Lipinski definition) is 4. The van der Waals surface area contributed by atoms with Gasteiger partial charge < -0.3 is 13.9 Å². The van der Waals surface area contributed by atoms with Crippen molar-refractivity contribution in [1.29, 1.82) is 0 Å². The lowest BCUT2D eigenvalue weighted by Gasteiger charge is -2.32. The Kier molecular flexibility index (Phi) is 8.31. The first-order valence-corrected chi connectivity index (χ1v) is 12.4. The molecule has 1 aliphatic carbocycles. The first kappa shape index (κ1) is 21.7. The molecule has 1 aliphatic rings. The van der Waals surface area contributed by atoms with Gasteiger partial charge in [-0.05, 0) is 35.4 Å². The summed E-state index contributed by atoms with van der Waals surface area (Å²) in [4.78, 5) is 12.4. The molecule has 2 unspecified atom stereocenters.